The van der Waals surface area contributed by atoms with Crippen molar-refractivity contribution in [3.63, 3.8) is 0 Å². The number of anilines is 1. The highest BCUT2D eigenvalue weighted by Gasteiger charge is 2.33. The minimum Gasteiger partial charge on any atom is -0.435 e. The minimum absolute atomic E-state index is 0.0707. The van der Waals surface area contributed by atoms with Crippen LogP contribution in [0.4, 0.5) is 14.5 Å². The van der Waals surface area contributed by atoms with Gasteiger partial charge in [0, 0.05) is 11.7 Å². The van der Waals surface area contributed by atoms with Crippen molar-refractivity contribution in [3.8, 4) is 5.75 Å². The standard InChI is InChI=1S/C19H28F2N2O2/c1-19(2,3)15-6-4-5-7-16(15)22-12-17(24)23-13-8-10-14(11-9-13)25-18(20)21/h8-11,15-16,18,22H,4-7,12H2,1-3H3,(H,23,24). The van der Waals surface area contributed by atoms with E-state index in [9.17, 15) is 13.6 Å². The molecule has 0 aliphatic heterocycles. The Kier molecular flexibility index (Phi) is 6.76. The number of rotatable bonds is 6. The maximum atomic E-state index is 12.1. The van der Waals surface area contributed by atoms with Gasteiger partial charge in [-0.25, -0.2) is 0 Å². The molecule has 0 heterocycles. The van der Waals surface area contributed by atoms with Gasteiger partial charge < -0.3 is 15.4 Å². The van der Waals surface area contributed by atoms with Crippen LogP contribution in [0.1, 0.15) is 46.5 Å². The zero-order valence-corrected chi connectivity index (χ0v) is 15.1. The van der Waals surface area contributed by atoms with Gasteiger partial charge in [-0.3, -0.25) is 4.79 Å². The van der Waals surface area contributed by atoms with Crippen molar-refractivity contribution in [2.45, 2.75) is 59.1 Å². The number of carbonyl (C=O) groups excluding carboxylic acids is 1. The molecule has 1 aromatic carbocycles. The molecule has 2 rings (SSSR count). The summed E-state index contributed by atoms with van der Waals surface area (Å²) in [5.41, 5.74) is 0.777. The number of benzene rings is 1. The fraction of sp³-hybridized carbons (Fsp3) is 0.632. The summed E-state index contributed by atoms with van der Waals surface area (Å²) in [4.78, 5) is 12.1. The van der Waals surface area contributed by atoms with E-state index >= 15 is 0 Å². The second kappa shape index (κ2) is 8.61. The molecule has 0 spiro atoms. The van der Waals surface area contributed by atoms with Gasteiger partial charge in [-0.1, -0.05) is 33.6 Å². The molecule has 0 bridgehead atoms. The van der Waals surface area contributed by atoms with Gasteiger partial charge in [0.1, 0.15) is 5.75 Å². The van der Waals surface area contributed by atoms with Crippen LogP contribution in [-0.2, 0) is 4.79 Å². The topological polar surface area (TPSA) is 50.4 Å². The lowest BCUT2D eigenvalue weighted by Gasteiger charge is -2.40. The van der Waals surface area contributed by atoms with Gasteiger partial charge in [-0.15, -0.1) is 0 Å². The number of alkyl halides is 2. The highest BCUT2D eigenvalue weighted by atomic mass is 19.3. The third-order valence-electron chi connectivity index (χ3n) is 4.77. The van der Waals surface area contributed by atoms with Crippen LogP contribution in [0.15, 0.2) is 24.3 Å². The summed E-state index contributed by atoms with van der Waals surface area (Å²) in [5, 5.41) is 6.17. The summed E-state index contributed by atoms with van der Waals surface area (Å²) in [6.07, 6.45) is 4.72. The van der Waals surface area contributed by atoms with Crippen molar-refractivity contribution in [2.75, 3.05) is 11.9 Å². The lowest BCUT2D eigenvalue weighted by atomic mass is 9.69. The smallest absolute Gasteiger partial charge is 0.387 e. The monoisotopic (exact) mass is 354 g/mol. The molecule has 1 amide bonds. The Labute approximate surface area is 148 Å². The van der Waals surface area contributed by atoms with Crippen LogP contribution in [0.3, 0.4) is 0 Å². The molecule has 0 saturated heterocycles. The van der Waals surface area contributed by atoms with Gasteiger partial charge in [0.25, 0.3) is 0 Å². The first-order chi connectivity index (χ1) is 11.8. The third kappa shape index (κ3) is 6.27. The molecule has 25 heavy (non-hydrogen) atoms. The zero-order valence-electron chi connectivity index (χ0n) is 15.1. The lowest BCUT2D eigenvalue weighted by molar-refractivity contribution is -0.115. The fourth-order valence-electron chi connectivity index (χ4n) is 3.56. The number of nitrogens with one attached hydrogen (secondary N) is 2. The second-order valence-corrected chi connectivity index (χ2v) is 7.70. The number of halogens is 2. The first-order valence-corrected chi connectivity index (χ1v) is 8.84. The third-order valence-corrected chi connectivity index (χ3v) is 4.77. The van der Waals surface area contributed by atoms with Crippen molar-refractivity contribution >= 4 is 11.6 Å². The number of hydrogen-bond acceptors (Lipinski definition) is 3. The highest BCUT2D eigenvalue weighted by molar-refractivity contribution is 5.92. The quantitative estimate of drug-likeness (QED) is 0.795. The summed E-state index contributed by atoms with van der Waals surface area (Å²) in [6.45, 7) is 4.14. The van der Waals surface area contributed by atoms with Crippen molar-refractivity contribution in [1.82, 2.24) is 5.32 Å². The van der Waals surface area contributed by atoms with E-state index < -0.39 is 6.61 Å². The molecule has 2 unspecified atom stereocenters. The van der Waals surface area contributed by atoms with Gasteiger partial charge >= 0.3 is 6.61 Å². The molecule has 140 valence electrons. The van der Waals surface area contributed by atoms with E-state index in [2.05, 4.69) is 36.1 Å². The van der Waals surface area contributed by atoms with Crippen LogP contribution in [-0.4, -0.2) is 25.1 Å². The van der Waals surface area contributed by atoms with E-state index in [0.29, 0.717) is 17.6 Å². The predicted molar refractivity (Wildman–Crippen MR) is 94.9 cm³/mol. The Morgan fingerprint density at radius 3 is 2.44 bits per heavy atom. The Bertz CT molecular complexity index is 556. The summed E-state index contributed by atoms with van der Waals surface area (Å²) in [5.74, 6) is 0.488. The molecule has 1 saturated carbocycles. The fourth-order valence-corrected chi connectivity index (χ4v) is 3.56. The normalized spacial score (nSPS) is 21.2. The van der Waals surface area contributed by atoms with Crippen LogP contribution in [0.25, 0.3) is 0 Å². The largest absolute Gasteiger partial charge is 0.435 e. The van der Waals surface area contributed by atoms with Crippen molar-refractivity contribution in [1.29, 1.82) is 0 Å². The Hall–Kier alpha value is -1.69. The van der Waals surface area contributed by atoms with E-state index in [0.717, 1.165) is 6.42 Å². The maximum absolute atomic E-state index is 12.1. The van der Waals surface area contributed by atoms with Gasteiger partial charge in [0.05, 0.1) is 6.54 Å². The van der Waals surface area contributed by atoms with Crippen molar-refractivity contribution < 1.29 is 18.3 Å². The SMILES string of the molecule is CC(C)(C)C1CCCCC1NCC(=O)Nc1ccc(OC(F)F)cc1. The Balaban J connectivity index is 1.83. The van der Waals surface area contributed by atoms with Crippen molar-refractivity contribution in [2.24, 2.45) is 11.3 Å². The summed E-state index contributed by atoms with van der Waals surface area (Å²) >= 11 is 0. The summed E-state index contributed by atoms with van der Waals surface area (Å²) in [6, 6.07) is 6.27. The Morgan fingerprint density at radius 2 is 1.84 bits per heavy atom. The highest BCUT2D eigenvalue weighted by Crippen LogP contribution is 2.37. The van der Waals surface area contributed by atoms with Crippen LogP contribution >= 0.6 is 0 Å². The van der Waals surface area contributed by atoms with Crippen LogP contribution in [0.2, 0.25) is 0 Å². The van der Waals surface area contributed by atoms with Crippen LogP contribution in [0, 0.1) is 11.3 Å². The number of ether oxygens (including phenoxy) is 1. The van der Waals surface area contributed by atoms with Crippen molar-refractivity contribution in [3.05, 3.63) is 24.3 Å². The second-order valence-electron chi connectivity index (χ2n) is 7.70. The molecule has 6 heteroatoms. The van der Waals surface area contributed by atoms with Gasteiger partial charge in [0.15, 0.2) is 0 Å². The molecule has 0 aromatic heterocycles. The van der Waals surface area contributed by atoms with E-state index in [1.165, 1.54) is 31.4 Å². The Morgan fingerprint density at radius 1 is 1.20 bits per heavy atom. The molecule has 1 aliphatic rings. The molecule has 4 nitrogen and oxygen atoms in total. The minimum atomic E-state index is -2.85. The average Bonchev–Trinajstić information content (AvgIpc) is 2.54. The summed E-state index contributed by atoms with van der Waals surface area (Å²) in [7, 11) is 0. The van der Waals surface area contributed by atoms with E-state index in [1.807, 2.05) is 0 Å². The van der Waals surface area contributed by atoms with Crippen LogP contribution < -0.4 is 15.4 Å². The van der Waals surface area contributed by atoms with Gasteiger partial charge in [-0.05, 0) is 48.4 Å². The van der Waals surface area contributed by atoms with Gasteiger partial charge in [-0.2, -0.15) is 8.78 Å². The summed E-state index contributed by atoms with van der Waals surface area (Å²) < 4.78 is 28.5. The zero-order chi connectivity index (χ0) is 18.4. The first-order valence-electron chi connectivity index (χ1n) is 8.84. The molecular weight excluding hydrogens is 326 g/mol. The molecule has 2 N–H and O–H groups in total. The number of carbonyl (C=O) groups is 1. The molecule has 1 fully saturated rings. The van der Waals surface area contributed by atoms with E-state index in [-0.39, 0.29) is 23.6 Å². The lowest BCUT2D eigenvalue weighted by Crippen LogP contribution is -2.46. The molecule has 0 radical (unpaired) electrons. The predicted octanol–water partition coefficient (Wildman–Crippen LogP) is 4.42. The number of hydrogen-bond donors (Lipinski definition) is 2. The molecule has 2 atom stereocenters. The molecule has 1 aromatic rings. The number of amides is 1. The molecule has 1 aliphatic carbocycles. The van der Waals surface area contributed by atoms with Gasteiger partial charge in [0.2, 0.25) is 5.91 Å². The van der Waals surface area contributed by atoms with E-state index in [1.54, 1.807) is 12.1 Å². The maximum Gasteiger partial charge on any atom is 0.387 e. The average molecular weight is 354 g/mol. The first kappa shape index (κ1) is 19.6. The molecular formula is C19H28F2N2O2. The van der Waals surface area contributed by atoms with E-state index in [4.69, 9.17) is 0 Å². The van der Waals surface area contributed by atoms with Crippen LogP contribution in [0.5, 0.6) is 5.75 Å².